The normalized spacial score (nSPS) is 10.4. The fourth-order valence-electron chi connectivity index (χ4n) is 1.55. The molecular weight excluding hydrogens is 205 g/mol. The number of aryl methyl sites for hydroxylation is 1. The van der Waals surface area contributed by atoms with Gasteiger partial charge in [-0.05, 0) is 36.8 Å². The van der Waals surface area contributed by atoms with Crippen LogP contribution < -0.4 is 0 Å². The monoisotopic (exact) mass is 217 g/mol. The van der Waals surface area contributed by atoms with Crippen molar-refractivity contribution in [1.29, 1.82) is 0 Å². The van der Waals surface area contributed by atoms with E-state index < -0.39 is 0 Å². The Kier molecular flexibility index (Phi) is 2.86. The van der Waals surface area contributed by atoms with Crippen LogP contribution in [0.4, 0.5) is 4.39 Å². The maximum Gasteiger partial charge on any atom is 0.183 e. The molecule has 1 heterocycles. The molecule has 0 saturated carbocycles. The highest BCUT2D eigenvalue weighted by molar-refractivity contribution is 5.95. The fourth-order valence-corrected chi connectivity index (χ4v) is 1.55. The Labute approximate surface area is 93.1 Å². The van der Waals surface area contributed by atoms with E-state index in [1.807, 2.05) is 13.0 Å². The van der Waals surface area contributed by atoms with Gasteiger partial charge < -0.3 is 4.98 Å². The number of Topliss-reactive ketones (excluding diaryl/α,β-unsaturated/α-hetero) is 1. The molecule has 0 radical (unpaired) electrons. The van der Waals surface area contributed by atoms with Gasteiger partial charge in [0.2, 0.25) is 0 Å². The van der Waals surface area contributed by atoms with Crippen LogP contribution in [0.1, 0.15) is 21.7 Å². The minimum Gasteiger partial charge on any atom is -0.356 e. The van der Waals surface area contributed by atoms with Gasteiger partial charge in [-0.1, -0.05) is 12.1 Å². The van der Waals surface area contributed by atoms with Crippen molar-refractivity contribution < 1.29 is 9.18 Å². The van der Waals surface area contributed by atoms with Crippen molar-refractivity contribution in [2.75, 3.05) is 0 Å². The number of H-pyrrole nitrogens is 1. The van der Waals surface area contributed by atoms with Crippen LogP contribution in [-0.4, -0.2) is 10.8 Å². The number of halogens is 1. The predicted molar refractivity (Wildman–Crippen MR) is 60.0 cm³/mol. The smallest absolute Gasteiger partial charge is 0.183 e. The maximum absolute atomic E-state index is 12.7. The average Bonchev–Trinajstić information content (AvgIpc) is 2.68. The second-order valence-electron chi connectivity index (χ2n) is 3.78. The number of benzene rings is 1. The van der Waals surface area contributed by atoms with E-state index in [1.165, 1.54) is 12.1 Å². The van der Waals surface area contributed by atoms with Gasteiger partial charge in [-0.2, -0.15) is 0 Å². The highest BCUT2D eigenvalue weighted by atomic mass is 19.1. The number of aromatic nitrogens is 1. The van der Waals surface area contributed by atoms with Gasteiger partial charge in [0.15, 0.2) is 5.78 Å². The summed E-state index contributed by atoms with van der Waals surface area (Å²) in [5.41, 5.74) is 2.38. The molecular formula is C13H12FNO. The highest BCUT2D eigenvalue weighted by Crippen LogP contribution is 2.08. The van der Waals surface area contributed by atoms with Gasteiger partial charge in [-0.15, -0.1) is 0 Å². The molecule has 1 aromatic carbocycles. The SMILES string of the molecule is Cc1ccc(C(=O)Cc2ccc(F)cc2)[nH]1. The first-order chi connectivity index (χ1) is 7.65. The molecule has 0 amide bonds. The number of hydrogen-bond acceptors (Lipinski definition) is 1. The summed E-state index contributed by atoms with van der Waals surface area (Å²) in [4.78, 5) is 14.8. The summed E-state index contributed by atoms with van der Waals surface area (Å²) < 4.78 is 12.7. The molecule has 0 aliphatic carbocycles. The van der Waals surface area contributed by atoms with Crippen LogP contribution in [0.3, 0.4) is 0 Å². The van der Waals surface area contributed by atoms with Crippen LogP contribution in [0.2, 0.25) is 0 Å². The molecule has 3 heteroatoms. The predicted octanol–water partition coefficient (Wildman–Crippen LogP) is 2.89. The number of carbonyl (C=O) groups excluding carboxylic acids is 1. The molecule has 2 rings (SSSR count). The molecule has 1 aromatic heterocycles. The molecule has 0 saturated heterocycles. The minimum atomic E-state index is -0.285. The second kappa shape index (κ2) is 4.31. The topological polar surface area (TPSA) is 32.9 Å². The first-order valence-electron chi connectivity index (χ1n) is 5.08. The highest BCUT2D eigenvalue weighted by Gasteiger charge is 2.08. The summed E-state index contributed by atoms with van der Waals surface area (Å²) in [6.07, 6.45) is 0.292. The Morgan fingerprint density at radius 3 is 2.44 bits per heavy atom. The van der Waals surface area contributed by atoms with E-state index in [9.17, 15) is 9.18 Å². The van der Waals surface area contributed by atoms with Gasteiger partial charge in [-0.25, -0.2) is 4.39 Å². The standard InChI is InChI=1S/C13H12FNO/c1-9-2-7-12(15-9)13(16)8-10-3-5-11(14)6-4-10/h2-7,15H,8H2,1H3. The van der Waals surface area contributed by atoms with Gasteiger partial charge in [0.05, 0.1) is 5.69 Å². The minimum absolute atomic E-state index is 0.0136. The second-order valence-corrected chi connectivity index (χ2v) is 3.78. The zero-order chi connectivity index (χ0) is 11.5. The van der Waals surface area contributed by atoms with Crippen LogP contribution in [0.25, 0.3) is 0 Å². The molecule has 0 fully saturated rings. The Morgan fingerprint density at radius 1 is 1.19 bits per heavy atom. The molecule has 0 aliphatic rings. The number of hydrogen-bond donors (Lipinski definition) is 1. The quantitative estimate of drug-likeness (QED) is 0.788. The van der Waals surface area contributed by atoms with Gasteiger partial charge in [0.25, 0.3) is 0 Å². The number of ketones is 1. The van der Waals surface area contributed by atoms with Crippen LogP contribution >= 0.6 is 0 Å². The van der Waals surface area contributed by atoms with Crippen molar-refractivity contribution in [1.82, 2.24) is 4.98 Å². The van der Waals surface area contributed by atoms with E-state index in [4.69, 9.17) is 0 Å². The fraction of sp³-hybridized carbons (Fsp3) is 0.154. The molecule has 2 aromatic rings. The Bertz CT molecular complexity index is 499. The van der Waals surface area contributed by atoms with Crippen molar-refractivity contribution >= 4 is 5.78 Å². The Morgan fingerprint density at radius 2 is 1.88 bits per heavy atom. The third kappa shape index (κ3) is 2.37. The lowest BCUT2D eigenvalue weighted by Crippen LogP contribution is -2.03. The first-order valence-corrected chi connectivity index (χ1v) is 5.08. The van der Waals surface area contributed by atoms with Gasteiger partial charge in [0, 0.05) is 12.1 Å². The molecule has 0 unspecified atom stereocenters. The first kappa shape index (κ1) is 10.6. The number of aromatic amines is 1. The summed E-state index contributed by atoms with van der Waals surface area (Å²) in [6, 6.07) is 9.61. The molecule has 0 aliphatic heterocycles. The van der Waals surface area contributed by atoms with E-state index in [0.717, 1.165) is 11.3 Å². The van der Waals surface area contributed by atoms with E-state index in [0.29, 0.717) is 12.1 Å². The van der Waals surface area contributed by atoms with Crippen molar-refractivity contribution in [2.45, 2.75) is 13.3 Å². The van der Waals surface area contributed by atoms with Gasteiger partial charge in [0.1, 0.15) is 5.82 Å². The zero-order valence-electron chi connectivity index (χ0n) is 8.96. The van der Waals surface area contributed by atoms with Crippen molar-refractivity contribution in [2.24, 2.45) is 0 Å². The van der Waals surface area contributed by atoms with Crippen LogP contribution in [-0.2, 0) is 6.42 Å². The summed E-state index contributed by atoms with van der Waals surface area (Å²) >= 11 is 0. The Hall–Kier alpha value is -1.90. The van der Waals surface area contributed by atoms with Gasteiger partial charge >= 0.3 is 0 Å². The van der Waals surface area contributed by atoms with E-state index in [2.05, 4.69) is 4.98 Å². The van der Waals surface area contributed by atoms with E-state index in [1.54, 1.807) is 18.2 Å². The molecule has 0 spiro atoms. The summed E-state index contributed by atoms with van der Waals surface area (Å²) in [5.74, 6) is -0.272. The average molecular weight is 217 g/mol. The van der Waals surface area contributed by atoms with Crippen LogP contribution in [0.15, 0.2) is 36.4 Å². The lowest BCUT2D eigenvalue weighted by atomic mass is 10.1. The molecule has 16 heavy (non-hydrogen) atoms. The summed E-state index contributed by atoms with van der Waals surface area (Å²) in [6.45, 7) is 1.90. The van der Waals surface area contributed by atoms with Gasteiger partial charge in [-0.3, -0.25) is 4.79 Å². The van der Waals surface area contributed by atoms with Crippen LogP contribution in [0, 0.1) is 12.7 Å². The third-order valence-electron chi connectivity index (χ3n) is 2.41. The van der Waals surface area contributed by atoms with Crippen molar-refractivity contribution in [3.05, 3.63) is 59.2 Å². The zero-order valence-corrected chi connectivity index (χ0v) is 8.96. The van der Waals surface area contributed by atoms with Crippen molar-refractivity contribution in [3.8, 4) is 0 Å². The number of rotatable bonds is 3. The third-order valence-corrected chi connectivity index (χ3v) is 2.41. The molecule has 2 nitrogen and oxygen atoms in total. The van der Waals surface area contributed by atoms with Crippen molar-refractivity contribution in [3.63, 3.8) is 0 Å². The summed E-state index contributed by atoms with van der Waals surface area (Å²) in [7, 11) is 0. The largest absolute Gasteiger partial charge is 0.356 e. The molecule has 0 atom stereocenters. The molecule has 82 valence electrons. The Balaban J connectivity index is 2.10. The maximum atomic E-state index is 12.7. The lowest BCUT2D eigenvalue weighted by Gasteiger charge is -1.99. The van der Waals surface area contributed by atoms with Crippen LogP contribution in [0.5, 0.6) is 0 Å². The van der Waals surface area contributed by atoms with E-state index in [-0.39, 0.29) is 11.6 Å². The number of carbonyl (C=O) groups is 1. The molecule has 1 N–H and O–H groups in total. The molecule has 0 bridgehead atoms. The summed E-state index contributed by atoms with van der Waals surface area (Å²) in [5, 5.41) is 0. The lowest BCUT2D eigenvalue weighted by molar-refractivity contribution is 0.0988. The number of nitrogens with one attached hydrogen (secondary N) is 1. The van der Waals surface area contributed by atoms with E-state index >= 15 is 0 Å².